The van der Waals surface area contributed by atoms with Crippen molar-refractivity contribution in [3.05, 3.63) is 77.5 Å². The number of rotatable bonds is 18. The minimum Gasteiger partial charge on any atom is -0.507 e. The van der Waals surface area contributed by atoms with Crippen molar-refractivity contribution in [2.45, 2.75) is 99.8 Å². The van der Waals surface area contributed by atoms with Gasteiger partial charge in [0.1, 0.15) is 23.0 Å². The van der Waals surface area contributed by atoms with Gasteiger partial charge in [0.05, 0.1) is 30.0 Å². The summed E-state index contributed by atoms with van der Waals surface area (Å²) < 4.78 is 14.1. The molecule has 2 heterocycles. The maximum absolute atomic E-state index is 11.6. The summed E-state index contributed by atoms with van der Waals surface area (Å²) in [5.74, 6) is 2.97. The number of unbranched alkanes of at least 4 members (excludes halogenated alkanes) is 2. The topological polar surface area (TPSA) is 115 Å². The molecular weight excluding hydrogens is 651 g/mol. The minimum absolute atomic E-state index is 0.0292. The van der Waals surface area contributed by atoms with E-state index in [1.807, 2.05) is 69.4 Å². The van der Waals surface area contributed by atoms with Crippen LogP contribution in [0.15, 0.2) is 60.8 Å². The highest BCUT2D eigenvalue weighted by atomic mass is 16.5. The highest BCUT2D eigenvalue weighted by Gasteiger charge is 2.22. The van der Waals surface area contributed by atoms with Gasteiger partial charge in [0.25, 0.3) is 5.95 Å². The van der Waals surface area contributed by atoms with Crippen LogP contribution in [-0.4, -0.2) is 48.2 Å². The van der Waals surface area contributed by atoms with Crippen LogP contribution in [0, 0.1) is 32.6 Å². The molecule has 0 aliphatic heterocycles. The predicted octanol–water partition coefficient (Wildman–Crippen LogP) is 10.6. The SMILES string of the molecule is CCCCC(CC)COc1ccc(-c2nc(-c3ccc(OCC(CC)CCCC)c(C)c3O)nc(-n3cc(C)c(-c4ccccc4)n3)n2)c(O)c1C. The van der Waals surface area contributed by atoms with Crippen molar-refractivity contribution in [2.75, 3.05) is 13.2 Å². The lowest BCUT2D eigenvalue weighted by molar-refractivity contribution is 0.231. The first-order valence-corrected chi connectivity index (χ1v) is 19.0. The summed E-state index contributed by atoms with van der Waals surface area (Å²) >= 11 is 0. The third kappa shape index (κ3) is 8.92. The Morgan fingerprint density at radius 3 is 1.62 bits per heavy atom. The fraction of sp³-hybridized carbons (Fsp3) is 0.442. The van der Waals surface area contributed by atoms with Crippen LogP contribution in [0.3, 0.4) is 0 Å². The Hall–Kier alpha value is -4.92. The number of aryl methyl sites for hydroxylation is 1. The summed E-state index contributed by atoms with van der Waals surface area (Å²) in [4.78, 5) is 14.5. The van der Waals surface area contributed by atoms with E-state index in [1.165, 1.54) is 12.8 Å². The van der Waals surface area contributed by atoms with Gasteiger partial charge in [-0.3, -0.25) is 0 Å². The van der Waals surface area contributed by atoms with Crippen LogP contribution in [0.4, 0.5) is 0 Å². The van der Waals surface area contributed by atoms with Crippen LogP contribution in [-0.2, 0) is 0 Å². The first-order valence-electron chi connectivity index (χ1n) is 19.0. The van der Waals surface area contributed by atoms with Gasteiger partial charge < -0.3 is 19.7 Å². The second-order valence-electron chi connectivity index (χ2n) is 13.9. The Morgan fingerprint density at radius 2 is 1.15 bits per heavy atom. The molecule has 0 spiro atoms. The van der Waals surface area contributed by atoms with Crippen molar-refractivity contribution in [2.24, 2.45) is 11.8 Å². The smallest absolute Gasteiger partial charge is 0.254 e. The van der Waals surface area contributed by atoms with Gasteiger partial charge in [0.2, 0.25) is 0 Å². The molecule has 52 heavy (non-hydrogen) atoms. The number of ether oxygens (including phenoxy) is 2. The zero-order chi connectivity index (χ0) is 37.2. The molecule has 5 rings (SSSR count). The van der Waals surface area contributed by atoms with Crippen molar-refractivity contribution >= 4 is 0 Å². The molecule has 9 nitrogen and oxygen atoms in total. The fourth-order valence-corrected chi connectivity index (χ4v) is 6.40. The zero-order valence-corrected chi connectivity index (χ0v) is 31.9. The monoisotopic (exact) mass is 705 g/mol. The number of hydrogen-bond donors (Lipinski definition) is 2. The predicted molar refractivity (Wildman–Crippen MR) is 208 cm³/mol. The number of hydrogen-bond acceptors (Lipinski definition) is 8. The van der Waals surface area contributed by atoms with Gasteiger partial charge in [0, 0.05) is 22.9 Å². The summed E-state index contributed by atoms with van der Waals surface area (Å²) in [7, 11) is 0. The normalized spacial score (nSPS) is 12.5. The molecule has 0 amide bonds. The number of aromatic nitrogens is 5. The summed E-state index contributed by atoms with van der Waals surface area (Å²) in [5.41, 5.74) is 4.79. The highest BCUT2D eigenvalue weighted by Crippen LogP contribution is 2.39. The molecule has 3 aromatic carbocycles. The second kappa shape index (κ2) is 18.0. The Bertz CT molecular complexity index is 1830. The van der Waals surface area contributed by atoms with Crippen molar-refractivity contribution in [1.29, 1.82) is 0 Å². The van der Waals surface area contributed by atoms with E-state index in [9.17, 15) is 10.2 Å². The molecule has 0 saturated heterocycles. The zero-order valence-electron chi connectivity index (χ0n) is 31.9. The summed E-state index contributed by atoms with van der Waals surface area (Å²) in [5, 5.41) is 28.0. The van der Waals surface area contributed by atoms with Crippen molar-refractivity contribution in [1.82, 2.24) is 24.7 Å². The number of phenolic OH excluding ortho intramolecular Hbond substituents is 2. The molecule has 0 bridgehead atoms. The first-order chi connectivity index (χ1) is 25.2. The van der Waals surface area contributed by atoms with Crippen LogP contribution >= 0.6 is 0 Å². The van der Waals surface area contributed by atoms with E-state index < -0.39 is 0 Å². The Kier molecular flexibility index (Phi) is 13.3. The van der Waals surface area contributed by atoms with E-state index >= 15 is 0 Å². The lowest BCUT2D eigenvalue weighted by atomic mass is 10.0. The maximum atomic E-state index is 11.6. The van der Waals surface area contributed by atoms with Crippen molar-refractivity contribution in [3.8, 4) is 63.0 Å². The largest absolute Gasteiger partial charge is 0.507 e. The Balaban J connectivity index is 1.55. The summed E-state index contributed by atoms with van der Waals surface area (Å²) in [6.07, 6.45) is 10.8. The van der Waals surface area contributed by atoms with Gasteiger partial charge in [-0.2, -0.15) is 15.1 Å². The molecule has 276 valence electrons. The van der Waals surface area contributed by atoms with Gasteiger partial charge in [0.15, 0.2) is 11.6 Å². The lowest BCUT2D eigenvalue weighted by Crippen LogP contribution is -2.12. The summed E-state index contributed by atoms with van der Waals surface area (Å²) in [6, 6.07) is 17.2. The van der Waals surface area contributed by atoms with Crippen LogP contribution < -0.4 is 9.47 Å². The van der Waals surface area contributed by atoms with Crippen LogP contribution in [0.2, 0.25) is 0 Å². The molecule has 2 atom stereocenters. The fourth-order valence-electron chi connectivity index (χ4n) is 6.40. The van der Waals surface area contributed by atoms with Gasteiger partial charge in [-0.15, -0.1) is 0 Å². The maximum Gasteiger partial charge on any atom is 0.254 e. The van der Waals surface area contributed by atoms with Gasteiger partial charge in [-0.1, -0.05) is 96.6 Å². The molecule has 0 radical (unpaired) electrons. The number of phenols is 2. The minimum atomic E-state index is 0.0292. The van der Waals surface area contributed by atoms with E-state index in [0.29, 0.717) is 58.8 Å². The molecule has 0 aliphatic carbocycles. The Labute approximate surface area is 309 Å². The van der Waals surface area contributed by atoms with Gasteiger partial charge in [-0.25, -0.2) is 9.67 Å². The summed E-state index contributed by atoms with van der Waals surface area (Å²) in [6.45, 7) is 15.6. The third-order valence-electron chi connectivity index (χ3n) is 10.1. The number of benzene rings is 3. The molecule has 2 N–H and O–H groups in total. The van der Waals surface area contributed by atoms with E-state index in [2.05, 4.69) is 27.7 Å². The van der Waals surface area contributed by atoms with E-state index in [1.54, 1.807) is 16.8 Å². The van der Waals surface area contributed by atoms with Crippen LogP contribution in [0.1, 0.15) is 95.8 Å². The van der Waals surface area contributed by atoms with E-state index in [4.69, 9.17) is 29.5 Å². The van der Waals surface area contributed by atoms with Crippen molar-refractivity contribution < 1.29 is 19.7 Å². The van der Waals surface area contributed by atoms with E-state index in [0.717, 1.165) is 55.3 Å². The highest BCUT2D eigenvalue weighted by molar-refractivity contribution is 5.73. The molecule has 0 saturated carbocycles. The molecule has 2 unspecified atom stereocenters. The van der Waals surface area contributed by atoms with Gasteiger partial charge >= 0.3 is 0 Å². The molecule has 9 heteroatoms. The molecule has 2 aromatic heterocycles. The number of nitrogens with zero attached hydrogens (tertiary/aromatic N) is 5. The average Bonchev–Trinajstić information content (AvgIpc) is 3.56. The van der Waals surface area contributed by atoms with Crippen LogP contribution in [0.25, 0.3) is 40.0 Å². The quantitative estimate of drug-likeness (QED) is 0.0925. The van der Waals surface area contributed by atoms with Crippen LogP contribution in [0.5, 0.6) is 23.0 Å². The molecule has 5 aromatic rings. The Morgan fingerprint density at radius 1 is 0.654 bits per heavy atom. The standard InChI is InChI=1S/C43H55N5O4/c1-8-12-17-31(10-3)26-51-36-23-21-34(39(49)29(36)6)41-44-42(35-22-24-37(30(7)40(35)50)52-27-32(11-4)18-13-9-2)46-43(45-41)48-25-28(5)38(47-48)33-19-15-14-16-20-33/h14-16,19-25,31-32,49-50H,8-13,17-18,26-27H2,1-7H3. The lowest BCUT2D eigenvalue weighted by Gasteiger charge is -2.18. The molecular formula is C43H55N5O4. The average molecular weight is 706 g/mol. The van der Waals surface area contributed by atoms with Crippen molar-refractivity contribution in [3.63, 3.8) is 0 Å². The number of aromatic hydroxyl groups is 2. The van der Waals surface area contributed by atoms with E-state index in [-0.39, 0.29) is 29.1 Å². The third-order valence-corrected chi connectivity index (χ3v) is 10.1. The molecule has 0 aliphatic rings. The van der Waals surface area contributed by atoms with Gasteiger partial charge in [-0.05, 0) is 75.3 Å². The second-order valence-corrected chi connectivity index (χ2v) is 13.9. The molecule has 0 fully saturated rings. The first kappa shape index (κ1) is 38.3.